The van der Waals surface area contributed by atoms with Gasteiger partial charge in [0.2, 0.25) is 5.88 Å². The van der Waals surface area contributed by atoms with Crippen molar-refractivity contribution in [3.8, 4) is 5.88 Å². The third-order valence-corrected chi connectivity index (χ3v) is 2.72. The van der Waals surface area contributed by atoms with E-state index in [-0.39, 0.29) is 11.6 Å². The van der Waals surface area contributed by atoms with Crippen molar-refractivity contribution < 1.29 is 5.11 Å². The molecule has 5 heteroatoms. The van der Waals surface area contributed by atoms with Gasteiger partial charge in [0, 0.05) is 17.0 Å². The normalized spacial score (nSPS) is 12.0. The van der Waals surface area contributed by atoms with Gasteiger partial charge in [-0.25, -0.2) is 0 Å². The van der Waals surface area contributed by atoms with E-state index in [1.807, 2.05) is 12.1 Å². The number of nitrogens with zero attached hydrogens (tertiary/aromatic N) is 2. The Labute approximate surface area is 103 Å². The van der Waals surface area contributed by atoms with Crippen molar-refractivity contribution in [2.75, 3.05) is 0 Å². The van der Waals surface area contributed by atoms with Crippen molar-refractivity contribution in [2.24, 2.45) is 5.18 Å². The van der Waals surface area contributed by atoms with Crippen LogP contribution in [0.2, 0.25) is 0 Å². The molecule has 2 aromatic rings. The number of fused-ring (bicyclic) bond motifs is 1. The SMILES string of the molecule is C/C(Cl)=C/Cn1c(O)c(N=O)c2ccccc21. The minimum Gasteiger partial charge on any atom is -0.493 e. The molecule has 0 radical (unpaired) electrons. The molecule has 1 aromatic heterocycles. The van der Waals surface area contributed by atoms with Crippen molar-refractivity contribution in [2.45, 2.75) is 13.5 Å². The highest BCUT2D eigenvalue weighted by atomic mass is 35.5. The number of nitroso groups, excluding NO2 is 1. The van der Waals surface area contributed by atoms with Crippen molar-refractivity contribution in [3.05, 3.63) is 40.3 Å². The standard InChI is InChI=1S/C12H11ClN2O2/c1-8(13)6-7-15-10-5-3-2-4-9(10)11(14-17)12(15)16/h2-6,16H,7H2,1H3/b8-6-. The molecule has 4 nitrogen and oxygen atoms in total. The molecule has 17 heavy (non-hydrogen) atoms. The molecule has 0 aliphatic carbocycles. The van der Waals surface area contributed by atoms with Gasteiger partial charge < -0.3 is 9.67 Å². The van der Waals surface area contributed by atoms with E-state index in [2.05, 4.69) is 5.18 Å². The predicted molar refractivity (Wildman–Crippen MR) is 68.7 cm³/mol. The van der Waals surface area contributed by atoms with Gasteiger partial charge in [-0.1, -0.05) is 35.9 Å². The molecule has 0 aliphatic heterocycles. The highest BCUT2D eigenvalue weighted by Gasteiger charge is 2.15. The summed E-state index contributed by atoms with van der Waals surface area (Å²) in [6.07, 6.45) is 1.75. The van der Waals surface area contributed by atoms with E-state index in [1.54, 1.807) is 29.7 Å². The molecule has 0 saturated carbocycles. The Bertz CT molecular complexity index is 598. The first-order valence-corrected chi connectivity index (χ1v) is 5.48. The second-order valence-electron chi connectivity index (χ2n) is 3.68. The van der Waals surface area contributed by atoms with Gasteiger partial charge in [-0.15, -0.1) is 4.91 Å². The Morgan fingerprint density at radius 3 is 2.88 bits per heavy atom. The lowest BCUT2D eigenvalue weighted by Crippen LogP contribution is -1.93. The fraction of sp³-hybridized carbons (Fsp3) is 0.167. The van der Waals surface area contributed by atoms with E-state index < -0.39 is 0 Å². The first kappa shape index (κ1) is 11.7. The summed E-state index contributed by atoms with van der Waals surface area (Å²) in [4.78, 5) is 10.7. The monoisotopic (exact) mass is 250 g/mol. The van der Waals surface area contributed by atoms with Gasteiger partial charge in [0.1, 0.15) is 0 Å². The summed E-state index contributed by atoms with van der Waals surface area (Å²) < 4.78 is 1.60. The second kappa shape index (κ2) is 4.59. The van der Waals surface area contributed by atoms with Gasteiger partial charge in [0.25, 0.3) is 0 Å². The summed E-state index contributed by atoms with van der Waals surface area (Å²) in [5, 5.41) is 14.1. The number of hydrogen-bond acceptors (Lipinski definition) is 3. The van der Waals surface area contributed by atoms with E-state index in [0.717, 1.165) is 5.52 Å². The van der Waals surface area contributed by atoms with E-state index in [1.165, 1.54) is 0 Å². The summed E-state index contributed by atoms with van der Waals surface area (Å²) in [5.41, 5.74) is 0.829. The number of benzene rings is 1. The lowest BCUT2D eigenvalue weighted by atomic mass is 10.2. The zero-order chi connectivity index (χ0) is 12.4. The third-order valence-electron chi connectivity index (χ3n) is 2.56. The molecule has 1 N–H and O–H groups in total. The van der Waals surface area contributed by atoms with E-state index >= 15 is 0 Å². The van der Waals surface area contributed by atoms with Gasteiger partial charge in [0.15, 0.2) is 5.69 Å². The number of aromatic nitrogens is 1. The third kappa shape index (κ3) is 2.03. The second-order valence-corrected chi connectivity index (χ2v) is 4.28. The fourth-order valence-electron chi connectivity index (χ4n) is 1.76. The first-order chi connectivity index (χ1) is 8.15. The lowest BCUT2D eigenvalue weighted by Gasteiger charge is -2.02. The maximum absolute atomic E-state index is 10.7. The Morgan fingerprint density at radius 1 is 1.53 bits per heavy atom. The maximum atomic E-state index is 10.7. The van der Waals surface area contributed by atoms with Gasteiger partial charge in [-0.2, -0.15) is 0 Å². The molecular weight excluding hydrogens is 240 g/mol. The minimum absolute atomic E-state index is 0.0706. The summed E-state index contributed by atoms with van der Waals surface area (Å²) in [7, 11) is 0. The quantitative estimate of drug-likeness (QED) is 0.841. The van der Waals surface area contributed by atoms with Gasteiger partial charge in [-0.05, 0) is 18.2 Å². The van der Waals surface area contributed by atoms with Crippen molar-refractivity contribution in [1.82, 2.24) is 4.57 Å². The molecule has 0 atom stereocenters. The highest BCUT2D eigenvalue weighted by Crippen LogP contribution is 2.38. The Kier molecular flexibility index (Phi) is 3.15. The molecule has 0 amide bonds. The van der Waals surface area contributed by atoms with Crippen LogP contribution in [0.3, 0.4) is 0 Å². The zero-order valence-electron chi connectivity index (χ0n) is 9.22. The van der Waals surface area contributed by atoms with Crippen LogP contribution in [0.25, 0.3) is 10.9 Å². The molecule has 0 spiro atoms. The van der Waals surface area contributed by atoms with Crippen LogP contribution in [-0.4, -0.2) is 9.67 Å². The number of rotatable bonds is 3. The largest absolute Gasteiger partial charge is 0.493 e. The molecular formula is C12H11ClN2O2. The molecule has 0 aliphatic rings. The number of para-hydroxylation sites is 1. The van der Waals surface area contributed by atoms with Crippen LogP contribution >= 0.6 is 11.6 Å². The smallest absolute Gasteiger partial charge is 0.222 e. The van der Waals surface area contributed by atoms with Crippen LogP contribution in [0.15, 0.2) is 40.6 Å². The summed E-state index contributed by atoms with van der Waals surface area (Å²) >= 11 is 5.75. The van der Waals surface area contributed by atoms with E-state index in [4.69, 9.17) is 11.6 Å². The Balaban J connectivity index is 2.65. The molecule has 1 aromatic carbocycles. The van der Waals surface area contributed by atoms with Gasteiger partial charge in [-0.3, -0.25) is 0 Å². The molecule has 0 unspecified atom stereocenters. The Morgan fingerprint density at radius 2 is 2.24 bits per heavy atom. The van der Waals surface area contributed by atoms with Crippen LogP contribution in [0, 0.1) is 4.91 Å². The highest BCUT2D eigenvalue weighted by molar-refractivity contribution is 6.29. The van der Waals surface area contributed by atoms with E-state index in [0.29, 0.717) is 17.0 Å². The molecule has 1 heterocycles. The molecule has 0 bridgehead atoms. The average molecular weight is 251 g/mol. The number of aromatic hydroxyl groups is 1. The lowest BCUT2D eigenvalue weighted by molar-refractivity contribution is 0.431. The molecule has 0 fully saturated rings. The minimum atomic E-state index is -0.129. The van der Waals surface area contributed by atoms with Crippen LogP contribution in [0.1, 0.15) is 6.92 Å². The summed E-state index contributed by atoms with van der Waals surface area (Å²) in [6.45, 7) is 2.15. The molecule has 2 rings (SSSR count). The average Bonchev–Trinajstić information content (AvgIpc) is 2.58. The van der Waals surface area contributed by atoms with Gasteiger partial charge >= 0.3 is 0 Å². The van der Waals surface area contributed by atoms with Crippen LogP contribution in [0.5, 0.6) is 5.88 Å². The summed E-state index contributed by atoms with van der Waals surface area (Å²) in [6, 6.07) is 7.20. The van der Waals surface area contributed by atoms with E-state index in [9.17, 15) is 10.0 Å². The predicted octanol–water partition coefficient (Wildman–Crippen LogP) is 3.89. The number of hydrogen-bond donors (Lipinski definition) is 1. The number of halogens is 1. The van der Waals surface area contributed by atoms with Crippen LogP contribution in [-0.2, 0) is 6.54 Å². The maximum Gasteiger partial charge on any atom is 0.222 e. The Hall–Kier alpha value is -1.81. The topological polar surface area (TPSA) is 54.6 Å². The van der Waals surface area contributed by atoms with Crippen molar-refractivity contribution >= 4 is 28.2 Å². The van der Waals surface area contributed by atoms with Crippen molar-refractivity contribution in [1.29, 1.82) is 0 Å². The zero-order valence-corrected chi connectivity index (χ0v) is 9.98. The van der Waals surface area contributed by atoms with Crippen molar-refractivity contribution in [3.63, 3.8) is 0 Å². The fourth-order valence-corrected chi connectivity index (χ4v) is 1.83. The summed E-state index contributed by atoms with van der Waals surface area (Å²) in [5.74, 6) is -0.129. The first-order valence-electron chi connectivity index (χ1n) is 5.11. The van der Waals surface area contributed by atoms with Crippen LogP contribution < -0.4 is 0 Å². The number of allylic oxidation sites excluding steroid dienone is 2. The molecule has 0 saturated heterocycles. The van der Waals surface area contributed by atoms with Gasteiger partial charge in [0.05, 0.1) is 5.52 Å². The molecule has 88 valence electrons. The van der Waals surface area contributed by atoms with Crippen LogP contribution in [0.4, 0.5) is 5.69 Å².